The Morgan fingerprint density at radius 3 is 1.21 bits per heavy atom. The van der Waals surface area contributed by atoms with Gasteiger partial charge in [0.1, 0.15) is 0 Å². The predicted molar refractivity (Wildman–Crippen MR) is 295 cm³/mol. The predicted octanol–water partition coefficient (Wildman–Crippen LogP) is 14.8. The van der Waals surface area contributed by atoms with Crippen LogP contribution < -0.4 is 15.3 Å². The Bertz CT molecular complexity index is 4120. The van der Waals surface area contributed by atoms with Crippen molar-refractivity contribution in [2.45, 2.75) is 18.9 Å². The fourth-order valence-corrected chi connectivity index (χ4v) is 12.0. The molecule has 0 saturated carbocycles. The molecule has 336 valence electrons. The Labute approximate surface area is 416 Å². The number of nitrogens with zero attached hydrogens (tertiary/aromatic N) is 5. The molecule has 12 aromatic rings. The number of benzene rings is 10. The van der Waals surface area contributed by atoms with E-state index in [1.165, 1.54) is 16.0 Å². The van der Waals surface area contributed by atoms with Crippen molar-refractivity contribution in [2.24, 2.45) is 0 Å². The summed E-state index contributed by atoms with van der Waals surface area (Å²) in [6, 6.07) is 82.9. The summed E-state index contributed by atoms with van der Waals surface area (Å²) in [7, 11) is 0. The van der Waals surface area contributed by atoms with Crippen LogP contribution in [0.3, 0.4) is 0 Å². The molecule has 0 saturated heterocycles. The van der Waals surface area contributed by atoms with Crippen molar-refractivity contribution in [2.75, 3.05) is 4.90 Å². The first-order valence-electron chi connectivity index (χ1n) is 24.5. The van der Waals surface area contributed by atoms with Crippen LogP contribution in [0.25, 0.3) is 101 Å². The number of fused-ring (bicyclic) bond motifs is 10. The lowest BCUT2D eigenvalue weighted by Gasteiger charge is -2.37. The minimum Gasteiger partial charge on any atom is -0.332 e. The van der Waals surface area contributed by atoms with Gasteiger partial charge < -0.3 is 14.0 Å². The molecule has 14 rings (SSSR count). The van der Waals surface area contributed by atoms with E-state index in [1.54, 1.807) is 0 Å². The summed E-state index contributed by atoms with van der Waals surface area (Å²) in [5.41, 5.74) is 18.2. The Balaban J connectivity index is 1.32. The molecule has 0 bridgehead atoms. The molecule has 0 radical (unpaired) electrons. The second kappa shape index (κ2) is 16.2. The summed E-state index contributed by atoms with van der Waals surface area (Å²) in [6.45, 7) is 2.15. The highest BCUT2D eigenvalue weighted by atomic mass is 15.2. The second-order valence-corrected chi connectivity index (χ2v) is 19.1. The van der Waals surface area contributed by atoms with Gasteiger partial charge in [-0.1, -0.05) is 182 Å². The lowest BCUT2D eigenvalue weighted by Crippen LogP contribution is -2.38. The van der Waals surface area contributed by atoms with E-state index in [0.717, 1.165) is 105 Å². The number of hydrogen-bond donors (Lipinski definition) is 0. The molecule has 72 heavy (non-hydrogen) atoms. The van der Waals surface area contributed by atoms with Crippen molar-refractivity contribution in [3.05, 3.63) is 251 Å². The summed E-state index contributed by atoms with van der Waals surface area (Å²) >= 11 is 0. The molecule has 5 nitrogen and oxygen atoms in total. The summed E-state index contributed by atoms with van der Waals surface area (Å²) in [5, 5.41) is 27.8. The number of nitriles is 2. The van der Waals surface area contributed by atoms with Crippen LogP contribution in [-0.4, -0.2) is 15.2 Å². The van der Waals surface area contributed by atoms with Crippen LogP contribution in [0.5, 0.6) is 0 Å². The van der Waals surface area contributed by atoms with E-state index in [1.807, 2.05) is 24.3 Å². The van der Waals surface area contributed by atoms with E-state index in [9.17, 15) is 10.5 Å². The highest BCUT2D eigenvalue weighted by Crippen LogP contribution is 2.59. The Morgan fingerprint density at radius 2 is 0.750 bits per heavy atom. The normalized spacial score (nSPS) is 14.6. The minimum atomic E-state index is -0.131. The molecule has 2 unspecified atom stereocenters. The van der Waals surface area contributed by atoms with Crippen molar-refractivity contribution < 1.29 is 0 Å². The summed E-state index contributed by atoms with van der Waals surface area (Å²) in [4.78, 5) is 2.63. The molecular formula is C67H43N5. The van der Waals surface area contributed by atoms with E-state index < -0.39 is 0 Å². The van der Waals surface area contributed by atoms with Gasteiger partial charge in [0.2, 0.25) is 0 Å². The molecule has 2 aliphatic rings. The third-order valence-corrected chi connectivity index (χ3v) is 15.1. The molecular weight excluding hydrogens is 875 g/mol. The average molecular weight is 918 g/mol. The zero-order chi connectivity index (χ0) is 48.0. The van der Waals surface area contributed by atoms with Gasteiger partial charge in [0.05, 0.1) is 68.4 Å². The topological polar surface area (TPSA) is 60.7 Å². The van der Waals surface area contributed by atoms with Crippen LogP contribution in [0.4, 0.5) is 11.4 Å². The number of anilines is 2. The Morgan fingerprint density at radius 1 is 0.375 bits per heavy atom. The Hall–Kier alpha value is -9.68. The van der Waals surface area contributed by atoms with Gasteiger partial charge in [-0.25, -0.2) is 0 Å². The lowest BCUT2D eigenvalue weighted by atomic mass is 9.84. The van der Waals surface area contributed by atoms with Crippen molar-refractivity contribution in [3.63, 3.8) is 0 Å². The maximum absolute atomic E-state index is 10.4. The maximum Gasteiger partial charge on any atom is 0.0991 e. The van der Waals surface area contributed by atoms with Gasteiger partial charge in [0.15, 0.2) is 0 Å². The zero-order valence-corrected chi connectivity index (χ0v) is 39.3. The number of aromatic nitrogens is 2. The molecule has 0 amide bonds. The van der Waals surface area contributed by atoms with Gasteiger partial charge in [-0.15, -0.1) is 0 Å². The van der Waals surface area contributed by atoms with E-state index in [2.05, 4.69) is 239 Å². The smallest absolute Gasteiger partial charge is 0.0991 e. The first kappa shape index (κ1) is 41.3. The standard InChI is InChI=1S/C67H43N5/c1-42-26-32-45(33-27-42)62-65(70-56-21-9-4-16-50(56)51-17-5-10-22-57(51)70)63(46-34-28-43(40-68)29-35-46)67(72-60-25-13-8-20-54(60)55-38-48-14-2-3-15-49(48)39-61(55)72)64(47-36-30-44(41-69)31-37-47)66(62)71-58-23-11-6-18-52(58)53-19-7-12-24-59(53)71/h2-39,55,61H,1H3. The summed E-state index contributed by atoms with van der Waals surface area (Å²) in [5.74, 6) is 0.0314. The van der Waals surface area contributed by atoms with Gasteiger partial charge >= 0.3 is 0 Å². The summed E-state index contributed by atoms with van der Waals surface area (Å²) in [6.07, 6.45) is 4.93. The fourth-order valence-electron chi connectivity index (χ4n) is 12.0. The third-order valence-electron chi connectivity index (χ3n) is 15.1. The van der Waals surface area contributed by atoms with Gasteiger partial charge in [0.25, 0.3) is 0 Å². The van der Waals surface area contributed by atoms with E-state index in [0.29, 0.717) is 11.1 Å². The van der Waals surface area contributed by atoms with E-state index in [-0.39, 0.29) is 12.0 Å². The molecule has 10 aromatic carbocycles. The van der Waals surface area contributed by atoms with Crippen molar-refractivity contribution in [1.82, 2.24) is 9.13 Å². The van der Waals surface area contributed by atoms with Gasteiger partial charge in [0, 0.05) is 49.8 Å². The molecule has 5 heteroatoms. The molecule has 2 aromatic heterocycles. The zero-order valence-electron chi connectivity index (χ0n) is 39.3. The van der Waals surface area contributed by atoms with E-state index >= 15 is 0 Å². The molecule has 1 aliphatic carbocycles. The van der Waals surface area contributed by atoms with Crippen LogP contribution in [0, 0.1) is 29.6 Å². The van der Waals surface area contributed by atoms with Crippen molar-refractivity contribution in [1.29, 1.82) is 10.5 Å². The maximum atomic E-state index is 10.4. The van der Waals surface area contributed by atoms with Crippen molar-refractivity contribution in [3.8, 4) is 56.9 Å². The Kier molecular flexibility index (Phi) is 9.30. The third kappa shape index (κ3) is 6.11. The molecule has 1 aliphatic heterocycles. The van der Waals surface area contributed by atoms with E-state index in [4.69, 9.17) is 0 Å². The largest absolute Gasteiger partial charge is 0.332 e. The summed E-state index contributed by atoms with van der Waals surface area (Å²) < 4.78 is 5.03. The first-order valence-corrected chi connectivity index (χ1v) is 24.5. The highest BCUT2D eigenvalue weighted by Gasteiger charge is 2.43. The number of aryl methyl sites for hydroxylation is 1. The minimum absolute atomic E-state index is 0.0314. The second-order valence-electron chi connectivity index (χ2n) is 19.1. The number of para-hydroxylation sites is 5. The van der Waals surface area contributed by atoms with Crippen LogP contribution in [0.15, 0.2) is 218 Å². The fraction of sp³-hybridized carbons (Fsp3) is 0.0448. The lowest BCUT2D eigenvalue weighted by molar-refractivity contribution is 0.802. The van der Waals surface area contributed by atoms with Crippen molar-refractivity contribution >= 4 is 67.1 Å². The van der Waals surface area contributed by atoms with Gasteiger partial charge in [-0.2, -0.15) is 10.5 Å². The van der Waals surface area contributed by atoms with Crippen LogP contribution >= 0.6 is 0 Å². The SMILES string of the molecule is Cc1ccc(-c2c(-n3c4ccccc4c4ccccc43)c(-c3ccc(C#N)cc3)c(N3c4ccccc4C4C=c5ccccc5=CC43)c(-c3ccc(C#N)cc3)c2-n2c3ccccc3c3ccccc32)cc1. The van der Waals surface area contributed by atoms with Gasteiger partial charge in [-0.05, 0) is 94.2 Å². The molecule has 0 spiro atoms. The first-order chi connectivity index (χ1) is 35.6. The molecule has 2 atom stereocenters. The van der Waals surface area contributed by atoms with Crippen LogP contribution in [0.2, 0.25) is 0 Å². The van der Waals surface area contributed by atoms with Crippen LogP contribution in [-0.2, 0) is 0 Å². The molecule has 0 fully saturated rings. The molecule has 3 heterocycles. The quantitative estimate of drug-likeness (QED) is 0.167. The monoisotopic (exact) mass is 917 g/mol. The highest BCUT2D eigenvalue weighted by molar-refractivity contribution is 6.17. The number of hydrogen-bond acceptors (Lipinski definition) is 3. The number of rotatable bonds is 6. The molecule has 0 N–H and O–H groups in total. The van der Waals surface area contributed by atoms with Gasteiger partial charge in [-0.3, -0.25) is 0 Å². The van der Waals surface area contributed by atoms with Crippen LogP contribution in [0.1, 0.15) is 28.2 Å². The average Bonchev–Trinajstić information content (AvgIpc) is 4.07.